The number of ether oxygens (including phenoxy) is 1. The number of aryl methyl sites for hydroxylation is 1. The van der Waals surface area contributed by atoms with Gasteiger partial charge in [0.05, 0.1) is 11.5 Å². The van der Waals surface area contributed by atoms with Crippen LogP contribution in [-0.4, -0.2) is 11.7 Å². The minimum atomic E-state index is 0.113. The van der Waals surface area contributed by atoms with Gasteiger partial charge >= 0.3 is 0 Å². The van der Waals surface area contributed by atoms with Crippen molar-refractivity contribution in [3.8, 4) is 17.6 Å². The van der Waals surface area contributed by atoms with E-state index in [-0.39, 0.29) is 6.61 Å². The molecule has 20 heavy (non-hydrogen) atoms. The lowest BCUT2D eigenvalue weighted by atomic mass is 10.2. The fourth-order valence-electron chi connectivity index (χ4n) is 1.70. The van der Waals surface area contributed by atoms with Crippen LogP contribution >= 0.6 is 11.3 Å². The van der Waals surface area contributed by atoms with Crippen molar-refractivity contribution in [3.05, 3.63) is 51.7 Å². The molecule has 2 rings (SSSR count). The highest BCUT2D eigenvalue weighted by atomic mass is 32.1. The molecule has 0 unspecified atom stereocenters. The number of hydrogen-bond acceptors (Lipinski definition) is 3. The lowest BCUT2D eigenvalue weighted by Gasteiger charge is -2.05. The largest absolute Gasteiger partial charge is 0.488 e. The Morgan fingerprint density at radius 2 is 1.95 bits per heavy atom. The SMILES string of the molecule is CCc1ccc(OCc2ccc(C#CCCO)s2)cc1. The first-order chi connectivity index (χ1) is 9.81. The molecule has 3 heteroatoms. The summed E-state index contributed by atoms with van der Waals surface area (Å²) in [5, 5.41) is 8.68. The summed E-state index contributed by atoms with van der Waals surface area (Å²) in [5.74, 6) is 6.85. The van der Waals surface area contributed by atoms with Crippen molar-refractivity contribution in [2.24, 2.45) is 0 Å². The first-order valence-electron chi connectivity index (χ1n) is 6.72. The lowest BCUT2D eigenvalue weighted by Crippen LogP contribution is -1.92. The van der Waals surface area contributed by atoms with E-state index in [0.717, 1.165) is 21.9 Å². The number of aliphatic hydroxyl groups excluding tert-OH is 1. The normalized spacial score (nSPS) is 9.90. The Morgan fingerprint density at radius 1 is 1.15 bits per heavy atom. The molecule has 2 aromatic rings. The number of rotatable bonds is 5. The van der Waals surface area contributed by atoms with Gasteiger partial charge in [-0.3, -0.25) is 0 Å². The minimum absolute atomic E-state index is 0.113. The lowest BCUT2D eigenvalue weighted by molar-refractivity contribution is 0.305. The molecule has 0 saturated heterocycles. The number of thiophene rings is 1. The van der Waals surface area contributed by atoms with E-state index < -0.39 is 0 Å². The molecule has 1 aromatic heterocycles. The molecule has 0 bridgehead atoms. The summed E-state index contributed by atoms with van der Waals surface area (Å²) in [7, 11) is 0. The Kier molecular flexibility index (Phi) is 5.67. The third-order valence-electron chi connectivity index (χ3n) is 2.82. The van der Waals surface area contributed by atoms with Gasteiger partial charge in [-0.15, -0.1) is 11.3 Å². The monoisotopic (exact) mass is 286 g/mol. The van der Waals surface area contributed by atoms with Gasteiger partial charge in [-0.25, -0.2) is 0 Å². The molecule has 1 N–H and O–H groups in total. The van der Waals surface area contributed by atoms with Crippen LogP contribution in [0.25, 0.3) is 0 Å². The molecular formula is C17H18O2S. The maximum atomic E-state index is 8.68. The Balaban J connectivity index is 1.89. The van der Waals surface area contributed by atoms with Crippen molar-refractivity contribution in [1.82, 2.24) is 0 Å². The van der Waals surface area contributed by atoms with Crippen molar-refractivity contribution < 1.29 is 9.84 Å². The zero-order valence-electron chi connectivity index (χ0n) is 11.6. The van der Waals surface area contributed by atoms with Gasteiger partial charge in [0.1, 0.15) is 12.4 Å². The highest BCUT2D eigenvalue weighted by molar-refractivity contribution is 7.12. The molecule has 1 aromatic carbocycles. The fourth-order valence-corrected chi connectivity index (χ4v) is 2.50. The van der Waals surface area contributed by atoms with E-state index in [1.165, 1.54) is 5.56 Å². The summed E-state index contributed by atoms with van der Waals surface area (Å²) < 4.78 is 5.75. The number of aliphatic hydroxyl groups is 1. The first-order valence-corrected chi connectivity index (χ1v) is 7.53. The molecule has 0 aliphatic heterocycles. The van der Waals surface area contributed by atoms with E-state index in [0.29, 0.717) is 13.0 Å². The second-order valence-electron chi connectivity index (χ2n) is 4.33. The quantitative estimate of drug-likeness (QED) is 0.851. The molecule has 0 aliphatic carbocycles. The molecule has 0 fully saturated rings. The van der Waals surface area contributed by atoms with Gasteiger partial charge in [-0.05, 0) is 36.2 Å². The summed E-state index contributed by atoms with van der Waals surface area (Å²) in [6.45, 7) is 2.82. The minimum Gasteiger partial charge on any atom is -0.488 e. The van der Waals surface area contributed by atoms with Crippen molar-refractivity contribution in [2.45, 2.75) is 26.4 Å². The molecule has 0 radical (unpaired) electrons. The first kappa shape index (κ1) is 14.6. The molecule has 0 aliphatic rings. The summed E-state index contributed by atoms with van der Waals surface area (Å²) in [6.07, 6.45) is 1.56. The molecule has 0 atom stereocenters. The Labute approximate surface area is 124 Å². The standard InChI is InChI=1S/C17H18O2S/c1-2-14-6-8-15(9-7-14)19-13-17-11-10-16(20-17)5-3-4-12-18/h6-11,18H,2,4,12-13H2,1H3. The van der Waals surface area contributed by atoms with Crippen LogP contribution < -0.4 is 4.74 Å². The smallest absolute Gasteiger partial charge is 0.122 e. The molecule has 104 valence electrons. The molecule has 0 saturated carbocycles. The van der Waals surface area contributed by atoms with E-state index in [2.05, 4.69) is 30.9 Å². The molecule has 1 heterocycles. The fraction of sp³-hybridized carbons (Fsp3) is 0.294. The average molecular weight is 286 g/mol. The van der Waals surface area contributed by atoms with Gasteiger partial charge in [0.2, 0.25) is 0 Å². The number of benzene rings is 1. The van der Waals surface area contributed by atoms with E-state index in [9.17, 15) is 0 Å². The van der Waals surface area contributed by atoms with Crippen LogP contribution in [-0.2, 0) is 13.0 Å². The predicted molar refractivity (Wildman–Crippen MR) is 83.1 cm³/mol. The summed E-state index contributed by atoms with van der Waals surface area (Å²) >= 11 is 1.63. The van der Waals surface area contributed by atoms with Crippen LogP contribution in [0, 0.1) is 11.8 Å². The van der Waals surface area contributed by atoms with Crippen LogP contribution in [0.1, 0.15) is 28.7 Å². The van der Waals surface area contributed by atoms with Crippen molar-refractivity contribution >= 4 is 11.3 Å². The third-order valence-corrected chi connectivity index (χ3v) is 3.80. The van der Waals surface area contributed by atoms with Crippen LogP contribution in [0.4, 0.5) is 0 Å². The van der Waals surface area contributed by atoms with E-state index in [1.807, 2.05) is 24.3 Å². The van der Waals surface area contributed by atoms with Crippen LogP contribution in [0.2, 0.25) is 0 Å². The van der Waals surface area contributed by atoms with Gasteiger partial charge in [0, 0.05) is 11.3 Å². The van der Waals surface area contributed by atoms with Crippen LogP contribution in [0.15, 0.2) is 36.4 Å². The van der Waals surface area contributed by atoms with Gasteiger partial charge in [-0.1, -0.05) is 30.9 Å². The van der Waals surface area contributed by atoms with E-state index >= 15 is 0 Å². The third kappa shape index (κ3) is 4.41. The number of hydrogen-bond donors (Lipinski definition) is 1. The van der Waals surface area contributed by atoms with E-state index in [4.69, 9.17) is 9.84 Å². The Hall–Kier alpha value is -1.76. The summed E-state index contributed by atoms with van der Waals surface area (Å²) in [6, 6.07) is 12.2. The molecule has 0 amide bonds. The van der Waals surface area contributed by atoms with Gasteiger partial charge in [0.15, 0.2) is 0 Å². The molecule has 2 nitrogen and oxygen atoms in total. The van der Waals surface area contributed by atoms with Crippen molar-refractivity contribution in [3.63, 3.8) is 0 Å². The molecule has 0 spiro atoms. The second-order valence-corrected chi connectivity index (χ2v) is 5.50. The topological polar surface area (TPSA) is 29.5 Å². The average Bonchev–Trinajstić information content (AvgIpc) is 2.94. The maximum Gasteiger partial charge on any atom is 0.122 e. The van der Waals surface area contributed by atoms with Crippen LogP contribution in [0.3, 0.4) is 0 Å². The zero-order chi connectivity index (χ0) is 14.2. The molecular weight excluding hydrogens is 268 g/mol. The van der Waals surface area contributed by atoms with Crippen LogP contribution in [0.5, 0.6) is 5.75 Å². The Morgan fingerprint density at radius 3 is 2.65 bits per heavy atom. The highest BCUT2D eigenvalue weighted by Gasteiger charge is 2.00. The van der Waals surface area contributed by atoms with Gasteiger partial charge in [-0.2, -0.15) is 0 Å². The second kappa shape index (κ2) is 7.74. The van der Waals surface area contributed by atoms with Gasteiger partial charge < -0.3 is 9.84 Å². The highest BCUT2D eigenvalue weighted by Crippen LogP contribution is 2.19. The maximum absolute atomic E-state index is 8.68. The summed E-state index contributed by atoms with van der Waals surface area (Å²) in [5.41, 5.74) is 1.31. The van der Waals surface area contributed by atoms with E-state index in [1.54, 1.807) is 11.3 Å². The zero-order valence-corrected chi connectivity index (χ0v) is 12.4. The predicted octanol–water partition coefficient (Wildman–Crippen LogP) is 3.62. The van der Waals surface area contributed by atoms with Gasteiger partial charge in [0.25, 0.3) is 0 Å². The Bertz CT molecular complexity index is 587. The summed E-state index contributed by atoms with van der Waals surface area (Å²) in [4.78, 5) is 2.16. The van der Waals surface area contributed by atoms with Crippen molar-refractivity contribution in [2.75, 3.05) is 6.61 Å². The van der Waals surface area contributed by atoms with Crippen molar-refractivity contribution in [1.29, 1.82) is 0 Å².